The molecule has 0 saturated heterocycles. The molecule has 1 heterocycles. The van der Waals surface area contributed by atoms with E-state index in [0.29, 0.717) is 17.9 Å². The molecule has 3 N–H and O–H groups in total. The van der Waals surface area contributed by atoms with E-state index >= 15 is 0 Å². The lowest BCUT2D eigenvalue weighted by atomic mass is 10.1. The van der Waals surface area contributed by atoms with Gasteiger partial charge in [0, 0.05) is 17.7 Å². The fraction of sp³-hybridized carbons (Fsp3) is 0.133. The van der Waals surface area contributed by atoms with E-state index in [1.807, 2.05) is 0 Å². The number of nitrogen functional groups attached to an aromatic ring is 1. The van der Waals surface area contributed by atoms with Crippen molar-refractivity contribution in [1.29, 1.82) is 0 Å². The number of halogens is 1. The molecule has 0 atom stereocenters. The molecule has 0 saturated carbocycles. The molecule has 0 fully saturated rings. The van der Waals surface area contributed by atoms with E-state index in [2.05, 4.69) is 5.32 Å². The fourth-order valence-electron chi connectivity index (χ4n) is 2.16. The zero-order valence-corrected chi connectivity index (χ0v) is 10.7. The van der Waals surface area contributed by atoms with Crippen LogP contribution in [0.25, 0.3) is 0 Å². The molecule has 0 aliphatic carbocycles. The van der Waals surface area contributed by atoms with Crippen LogP contribution in [0.2, 0.25) is 0 Å². The summed E-state index contributed by atoms with van der Waals surface area (Å²) in [6.45, 7) is 0.632. The van der Waals surface area contributed by atoms with E-state index in [-0.39, 0.29) is 11.6 Å². The molecule has 4 nitrogen and oxygen atoms in total. The van der Waals surface area contributed by atoms with Gasteiger partial charge in [0.05, 0.1) is 12.3 Å². The molecule has 5 heteroatoms. The van der Waals surface area contributed by atoms with Crippen LogP contribution in [-0.2, 0) is 6.42 Å². The summed E-state index contributed by atoms with van der Waals surface area (Å²) < 4.78 is 19.0. The van der Waals surface area contributed by atoms with E-state index in [1.165, 1.54) is 18.2 Å². The van der Waals surface area contributed by atoms with Crippen LogP contribution in [0.3, 0.4) is 0 Å². The Bertz CT molecular complexity index is 686. The van der Waals surface area contributed by atoms with Gasteiger partial charge in [0.15, 0.2) is 0 Å². The Hall–Kier alpha value is -2.56. The van der Waals surface area contributed by atoms with Crippen molar-refractivity contribution in [2.24, 2.45) is 0 Å². The number of carbonyl (C=O) groups is 1. The largest absolute Gasteiger partial charge is 0.493 e. The number of ether oxygens (including phenoxy) is 1. The summed E-state index contributed by atoms with van der Waals surface area (Å²) >= 11 is 0. The van der Waals surface area contributed by atoms with Crippen molar-refractivity contribution in [3.63, 3.8) is 0 Å². The molecule has 1 aliphatic heterocycles. The predicted octanol–water partition coefficient (Wildman–Crippen LogP) is 2.60. The topological polar surface area (TPSA) is 64.3 Å². The second kappa shape index (κ2) is 4.85. The lowest BCUT2D eigenvalue weighted by molar-refractivity contribution is 0.102. The van der Waals surface area contributed by atoms with E-state index in [9.17, 15) is 9.18 Å². The van der Waals surface area contributed by atoms with Crippen LogP contribution in [0.15, 0.2) is 36.4 Å². The first-order valence-corrected chi connectivity index (χ1v) is 6.25. The number of rotatable bonds is 2. The molecule has 1 aliphatic rings. The van der Waals surface area contributed by atoms with Gasteiger partial charge in [0.25, 0.3) is 5.91 Å². The van der Waals surface area contributed by atoms with Crippen LogP contribution in [-0.4, -0.2) is 12.5 Å². The lowest BCUT2D eigenvalue weighted by Gasteiger charge is -2.08. The molecule has 0 spiro atoms. The first kappa shape index (κ1) is 12.5. The van der Waals surface area contributed by atoms with Crippen molar-refractivity contribution in [3.8, 4) is 5.75 Å². The maximum Gasteiger partial charge on any atom is 0.255 e. The number of amides is 1. The van der Waals surface area contributed by atoms with Gasteiger partial charge in [0.2, 0.25) is 0 Å². The summed E-state index contributed by atoms with van der Waals surface area (Å²) in [7, 11) is 0. The van der Waals surface area contributed by atoms with E-state index in [1.54, 1.807) is 18.2 Å². The molecule has 0 bridgehead atoms. The Balaban J connectivity index is 1.82. The average Bonchev–Trinajstić information content (AvgIpc) is 2.89. The monoisotopic (exact) mass is 272 g/mol. The third-order valence-electron chi connectivity index (χ3n) is 3.19. The number of carbonyl (C=O) groups excluding carboxylic acids is 1. The van der Waals surface area contributed by atoms with Crippen molar-refractivity contribution >= 4 is 17.3 Å². The van der Waals surface area contributed by atoms with Crippen molar-refractivity contribution < 1.29 is 13.9 Å². The Morgan fingerprint density at radius 2 is 2.10 bits per heavy atom. The summed E-state index contributed by atoms with van der Waals surface area (Å²) in [4.78, 5) is 12.1. The van der Waals surface area contributed by atoms with Crippen molar-refractivity contribution in [3.05, 3.63) is 53.3 Å². The van der Waals surface area contributed by atoms with E-state index in [4.69, 9.17) is 10.5 Å². The molecule has 3 rings (SSSR count). The number of hydrogen-bond acceptors (Lipinski definition) is 3. The molecule has 20 heavy (non-hydrogen) atoms. The first-order chi connectivity index (χ1) is 9.63. The number of nitrogens with one attached hydrogen (secondary N) is 1. The standard InChI is InChI=1S/C15H13FN2O2/c16-12-8-11(17)2-3-13(12)18-15(19)10-1-4-14-9(7-10)5-6-20-14/h1-4,7-8H,5-6,17H2,(H,18,19). The number of anilines is 2. The smallest absolute Gasteiger partial charge is 0.255 e. The third-order valence-corrected chi connectivity index (χ3v) is 3.19. The molecule has 0 aromatic heterocycles. The quantitative estimate of drug-likeness (QED) is 0.826. The number of hydrogen-bond donors (Lipinski definition) is 2. The van der Waals surface area contributed by atoms with Crippen molar-refractivity contribution in [2.45, 2.75) is 6.42 Å². The Morgan fingerprint density at radius 1 is 1.25 bits per heavy atom. The SMILES string of the molecule is Nc1ccc(NC(=O)c2ccc3c(c2)CCO3)c(F)c1. The summed E-state index contributed by atoms with van der Waals surface area (Å²) in [6.07, 6.45) is 0.784. The molecule has 2 aromatic rings. The minimum Gasteiger partial charge on any atom is -0.493 e. The highest BCUT2D eigenvalue weighted by atomic mass is 19.1. The third kappa shape index (κ3) is 2.30. The fourth-order valence-corrected chi connectivity index (χ4v) is 2.16. The predicted molar refractivity (Wildman–Crippen MR) is 74.4 cm³/mol. The summed E-state index contributed by atoms with van der Waals surface area (Å²) in [6, 6.07) is 9.35. The molecule has 2 aromatic carbocycles. The van der Waals surface area contributed by atoms with Crippen LogP contribution >= 0.6 is 0 Å². The van der Waals surface area contributed by atoms with Gasteiger partial charge in [-0.1, -0.05) is 0 Å². The minimum absolute atomic E-state index is 0.112. The zero-order chi connectivity index (χ0) is 14.1. The normalized spacial score (nSPS) is 12.7. The number of fused-ring (bicyclic) bond motifs is 1. The summed E-state index contributed by atoms with van der Waals surface area (Å²) in [5.41, 5.74) is 7.36. The summed E-state index contributed by atoms with van der Waals surface area (Å²) in [5, 5.41) is 2.53. The van der Waals surface area contributed by atoms with E-state index in [0.717, 1.165) is 17.7 Å². The highest BCUT2D eigenvalue weighted by molar-refractivity contribution is 6.04. The number of nitrogens with two attached hydrogens (primary N) is 1. The molecule has 0 unspecified atom stereocenters. The molecule has 102 valence electrons. The van der Waals surface area contributed by atoms with Crippen LogP contribution < -0.4 is 15.8 Å². The van der Waals surface area contributed by atoms with Crippen molar-refractivity contribution in [2.75, 3.05) is 17.7 Å². The maximum atomic E-state index is 13.6. The highest BCUT2D eigenvalue weighted by Crippen LogP contribution is 2.26. The van der Waals surface area contributed by atoms with Gasteiger partial charge in [-0.2, -0.15) is 0 Å². The Morgan fingerprint density at radius 3 is 2.90 bits per heavy atom. The second-order valence-electron chi connectivity index (χ2n) is 4.61. The molecular weight excluding hydrogens is 259 g/mol. The number of benzene rings is 2. The van der Waals surface area contributed by atoms with E-state index < -0.39 is 5.82 Å². The zero-order valence-electron chi connectivity index (χ0n) is 10.7. The molecule has 1 amide bonds. The van der Waals surface area contributed by atoms with Crippen LogP contribution in [0.1, 0.15) is 15.9 Å². The van der Waals surface area contributed by atoms with Gasteiger partial charge >= 0.3 is 0 Å². The maximum absolute atomic E-state index is 13.6. The second-order valence-corrected chi connectivity index (χ2v) is 4.61. The first-order valence-electron chi connectivity index (χ1n) is 6.25. The molecule has 0 radical (unpaired) electrons. The van der Waals surface area contributed by atoms with Crippen LogP contribution in [0.4, 0.5) is 15.8 Å². The summed E-state index contributed by atoms with van der Waals surface area (Å²) in [5.74, 6) is -0.105. The Kier molecular flexibility index (Phi) is 3.02. The van der Waals surface area contributed by atoms with Gasteiger partial charge < -0.3 is 15.8 Å². The van der Waals surface area contributed by atoms with Gasteiger partial charge in [0.1, 0.15) is 11.6 Å². The lowest BCUT2D eigenvalue weighted by Crippen LogP contribution is -2.13. The Labute approximate surface area is 115 Å². The highest BCUT2D eigenvalue weighted by Gasteiger charge is 2.15. The minimum atomic E-state index is -0.553. The average molecular weight is 272 g/mol. The van der Waals surface area contributed by atoms with Gasteiger partial charge in [-0.15, -0.1) is 0 Å². The molecular formula is C15H13FN2O2. The van der Waals surface area contributed by atoms with Crippen molar-refractivity contribution in [1.82, 2.24) is 0 Å². The van der Waals surface area contributed by atoms with Gasteiger partial charge in [-0.3, -0.25) is 4.79 Å². The van der Waals surface area contributed by atoms with Crippen LogP contribution in [0.5, 0.6) is 5.75 Å². The van der Waals surface area contributed by atoms with Gasteiger partial charge in [-0.25, -0.2) is 4.39 Å². The van der Waals surface area contributed by atoms with Gasteiger partial charge in [-0.05, 0) is 42.0 Å². The van der Waals surface area contributed by atoms with Crippen LogP contribution in [0, 0.1) is 5.82 Å².